The Morgan fingerprint density at radius 1 is 1.39 bits per heavy atom. The van der Waals surface area contributed by atoms with E-state index in [1.165, 1.54) is 0 Å². The summed E-state index contributed by atoms with van der Waals surface area (Å²) in [6.07, 6.45) is 0.804. The number of rotatable bonds is 3. The molecule has 0 spiro atoms. The topological polar surface area (TPSA) is 51.0 Å². The van der Waals surface area contributed by atoms with Crippen molar-refractivity contribution < 1.29 is 14.7 Å². The lowest BCUT2D eigenvalue weighted by molar-refractivity contribution is -0.0343. The minimum absolute atomic E-state index is 0.0766. The van der Waals surface area contributed by atoms with Crippen molar-refractivity contribution in [2.75, 3.05) is 13.7 Å². The van der Waals surface area contributed by atoms with Gasteiger partial charge in [0, 0.05) is 12.3 Å². The van der Waals surface area contributed by atoms with Crippen LogP contribution in [0, 0.1) is 0 Å². The second-order valence-electron chi connectivity index (χ2n) is 5.12. The van der Waals surface area contributed by atoms with Crippen LogP contribution in [0.4, 0.5) is 0 Å². The third-order valence-corrected chi connectivity index (χ3v) is 3.19. The van der Waals surface area contributed by atoms with E-state index in [4.69, 9.17) is 9.57 Å². The molecule has 0 aliphatic carbocycles. The van der Waals surface area contributed by atoms with Crippen LogP contribution in [-0.4, -0.2) is 30.1 Å². The van der Waals surface area contributed by atoms with Gasteiger partial charge in [-0.15, -0.1) is 0 Å². The van der Waals surface area contributed by atoms with Crippen molar-refractivity contribution in [2.45, 2.75) is 31.8 Å². The zero-order valence-corrected chi connectivity index (χ0v) is 11.0. The van der Waals surface area contributed by atoms with Crippen molar-refractivity contribution in [3.63, 3.8) is 0 Å². The van der Waals surface area contributed by atoms with E-state index in [-0.39, 0.29) is 18.1 Å². The molecule has 1 aliphatic heterocycles. The SMILES string of the molecule is COc1ccc(C2CC(C)(C)ON=C2CO)cc1. The quantitative estimate of drug-likeness (QED) is 0.894. The smallest absolute Gasteiger partial charge is 0.133 e. The zero-order valence-electron chi connectivity index (χ0n) is 11.0. The third-order valence-electron chi connectivity index (χ3n) is 3.19. The van der Waals surface area contributed by atoms with E-state index in [1.54, 1.807) is 7.11 Å². The highest BCUT2D eigenvalue weighted by Gasteiger charge is 2.33. The molecular formula is C14H19NO3. The first-order valence-electron chi connectivity index (χ1n) is 6.05. The van der Waals surface area contributed by atoms with Crippen LogP contribution in [0.15, 0.2) is 29.4 Å². The van der Waals surface area contributed by atoms with Crippen LogP contribution in [0.1, 0.15) is 31.7 Å². The summed E-state index contributed by atoms with van der Waals surface area (Å²) in [7, 11) is 1.65. The van der Waals surface area contributed by atoms with Crippen LogP contribution in [0.25, 0.3) is 0 Å². The molecule has 0 saturated heterocycles. The number of aliphatic hydroxyl groups is 1. The molecule has 1 unspecified atom stereocenters. The molecule has 4 heteroatoms. The van der Waals surface area contributed by atoms with E-state index in [9.17, 15) is 5.11 Å². The van der Waals surface area contributed by atoms with Gasteiger partial charge in [0.1, 0.15) is 11.4 Å². The van der Waals surface area contributed by atoms with Crippen LogP contribution in [-0.2, 0) is 4.84 Å². The molecule has 1 aromatic rings. The molecule has 1 N–H and O–H groups in total. The molecule has 98 valence electrons. The number of aliphatic hydroxyl groups excluding tert-OH is 1. The van der Waals surface area contributed by atoms with Gasteiger partial charge in [-0.2, -0.15) is 0 Å². The highest BCUT2D eigenvalue weighted by atomic mass is 16.7. The Balaban J connectivity index is 2.28. The van der Waals surface area contributed by atoms with Crippen molar-refractivity contribution in [1.29, 1.82) is 0 Å². The monoisotopic (exact) mass is 249 g/mol. The maximum atomic E-state index is 9.36. The van der Waals surface area contributed by atoms with Gasteiger partial charge in [0.25, 0.3) is 0 Å². The average Bonchev–Trinajstić information content (AvgIpc) is 2.38. The van der Waals surface area contributed by atoms with Gasteiger partial charge in [-0.1, -0.05) is 17.3 Å². The molecule has 0 saturated carbocycles. The van der Waals surface area contributed by atoms with Crippen LogP contribution < -0.4 is 4.74 Å². The molecule has 1 heterocycles. The number of ether oxygens (including phenoxy) is 1. The molecule has 0 fully saturated rings. The Morgan fingerprint density at radius 3 is 2.61 bits per heavy atom. The number of hydrogen-bond donors (Lipinski definition) is 1. The maximum absolute atomic E-state index is 9.36. The summed E-state index contributed by atoms with van der Waals surface area (Å²) < 4.78 is 5.15. The van der Waals surface area contributed by atoms with Crippen molar-refractivity contribution in [1.82, 2.24) is 0 Å². The van der Waals surface area contributed by atoms with Crippen molar-refractivity contribution in [3.8, 4) is 5.75 Å². The fraction of sp³-hybridized carbons (Fsp3) is 0.500. The van der Waals surface area contributed by atoms with Crippen LogP contribution in [0.3, 0.4) is 0 Å². The Bertz CT molecular complexity index is 437. The lowest BCUT2D eigenvalue weighted by Gasteiger charge is -2.33. The third kappa shape index (κ3) is 2.64. The van der Waals surface area contributed by atoms with Gasteiger partial charge in [-0.25, -0.2) is 0 Å². The van der Waals surface area contributed by atoms with Crippen molar-refractivity contribution in [3.05, 3.63) is 29.8 Å². The Labute approximate surface area is 107 Å². The predicted octanol–water partition coefficient (Wildman–Crippen LogP) is 2.33. The van der Waals surface area contributed by atoms with Gasteiger partial charge in [0.05, 0.1) is 19.4 Å². The molecule has 2 rings (SSSR count). The largest absolute Gasteiger partial charge is 0.497 e. The first kappa shape index (κ1) is 12.9. The Hall–Kier alpha value is -1.55. The summed E-state index contributed by atoms with van der Waals surface area (Å²) >= 11 is 0. The van der Waals surface area contributed by atoms with Gasteiger partial charge >= 0.3 is 0 Å². The first-order chi connectivity index (χ1) is 8.55. The number of methoxy groups -OCH3 is 1. The summed E-state index contributed by atoms with van der Waals surface area (Å²) in [6.45, 7) is 3.93. The standard InChI is InChI=1S/C14H19NO3/c1-14(2)8-12(13(9-16)15-18-14)10-4-6-11(17-3)7-5-10/h4-7,12,16H,8-9H2,1-3H3. The van der Waals surface area contributed by atoms with E-state index in [2.05, 4.69) is 5.16 Å². The zero-order chi connectivity index (χ0) is 13.2. The van der Waals surface area contributed by atoms with Gasteiger partial charge in [0.15, 0.2) is 0 Å². The summed E-state index contributed by atoms with van der Waals surface area (Å²) in [5.41, 5.74) is 1.50. The molecule has 18 heavy (non-hydrogen) atoms. The molecule has 1 aromatic carbocycles. The molecule has 0 bridgehead atoms. The summed E-state index contributed by atoms with van der Waals surface area (Å²) in [4.78, 5) is 5.37. The second-order valence-corrected chi connectivity index (χ2v) is 5.12. The minimum Gasteiger partial charge on any atom is -0.497 e. The number of oxime groups is 1. The fourth-order valence-corrected chi connectivity index (χ4v) is 2.18. The van der Waals surface area contributed by atoms with Gasteiger partial charge in [-0.3, -0.25) is 0 Å². The lowest BCUT2D eigenvalue weighted by Crippen LogP contribution is -2.34. The molecule has 0 amide bonds. The highest BCUT2D eigenvalue weighted by Crippen LogP contribution is 2.34. The van der Waals surface area contributed by atoms with Crippen LogP contribution >= 0.6 is 0 Å². The van der Waals surface area contributed by atoms with E-state index in [0.717, 1.165) is 17.7 Å². The first-order valence-corrected chi connectivity index (χ1v) is 6.05. The van der Waals surface area contributed by atoms with E-state index >= 15 is 0 Å². The molecule has 0 aromatic heterocycles. The average molecular weight is 249 g/mol. The van der Waals surface area contributed by atoms with E-state index < -0.39 is 0 Å². The predicted molar refractivity (Wildman–Crippen MR) is 70.0 cm³/mol. The molecular weight excluding hydrogens is 230 g/mol. The van der Waals surface area contributed by atoms with Crippen LogP contribution in [0.2, 0.25) is 0 Å². The molecule has 0 radical (unpaired) electrons. The Morgan fingerprint density at radius 2 is 2.06 bits per heavy atom. The van der Waals surface area contributed by atoms with E-state index in [0.29, 0.717) is 5.71 Å². The fourth-order valence-electron chi connectivity index (χ4n) is 2.18. The van der Waals surface area contributed by atoms with Crippen molar-refractivity contribution >= 4 is 5.71 Å². The van der Waals surface area contributed by atoms with E-state index in [1.807, 2.05) is 38.1 Å². The van der Waals surface area contributed by atoms with Gasteiger partial charge in [-0.05, 0) is 31.5 Å². The summed E-state index contributed by atoms with van der Waals surface area (Å²) in [6, 6.07) is 7.87. The summed E-state index contributed by atoms with van der Waals surface area (Å²) in [5, 5.41) is 13.4. The summed E-state index contributed by atoms with van der Waals surface area (Å²) in [5.74, 6) is 0.928. The Kier molecular flexibility index (Phi) is 3.57. The number of benzene rings is 1. The van der Waals surface area contributed by atoms with Gasteiger partial charge < -0.3 is 14.7 Å². The molecule has 1 atom stereocenters. The van der Waals surface area contributed by atoms with Crippen LogP contribution in [0.5, 0.6) is 5.75 Å². The molecule has 4 nitrogen and oxygen atoms in total. The normalized spacial score (nSPS) is 22.0. The minimum atomic E-state index is -0.302. The molecule has 1 aliphatic rings. The number of hydrogen-bond acceptors (Lipinski definition) is 4. The second kappa shape index (κ2) is 4.98. The highest BCUT2D eigenvalue weighted by molar-refractivity contribution is 5.92. The lowest BCUT2D eigenvalue weighted by atomic mass is 9.84. The van der Waals surface area contributed by atoms with Gasteiger partial charge in [0.2, 0.25) is 0 Å². The van der Waals surface area contributed by atoms with Crippen molar-refractivity contribution in [2.24, 2.45) is 5.16 Å². The maximum Gasteiger partial charge on any atom is 0.133 e. The number of nitrogens with zero attached hydrogens (tertiary/aromatic N) is 1.